The Morgan fingerprint density at radius 2 is 0.779 bits per heavy atom. The molecule has 1 aliphatic heterocycles. The number of unbranched alkanes of at least 4 members (excludes halogenated alkanes) is 38. The number of aliphatic hydroxyl groups is 2. The summed E-state index contributed by atoms with van der Waals surface area (Å²) < 4.78 is 28.5. The maximum absolute atomic E-state index is 13.2. The first-order chi connectivity index (χ1) is 37.6. The Morgan fingerprint density at radius 3 is 1.19 bits per heavy atom. The predicted octanol–water partition coefficient (Wildman–Crippen LogP) is 17.0. The van der Waals surface area contributed by atoms with E-state index in [1.54, 1.807) is 0 Å². The number of allylic oxidation sites excluding steroid dienone is 4. The maximum Gasteiger partial charge on any atom is 0.335 e. The van der Waals surface area contributed by atoms with Gasteiger partial charge in [0.05, 0.1) is 6.61 Å². The van der Waals surface area contributed by atoms with E-state index < -0.39 is 67.3 Å². The van der Waals surface area contributed by atoms with Crippen LogP contribution in [0.2, 0.25) is 0 Å². The van der Waals surface area contributed by atoms with Gasteiger partial charge in [-0.1, -0.05) is 270 Å². The molecule has 3 N–H and O–H groups in total. The Kier molecular flexibility index (Phi) is 50.5. The maximum atomic E-state index is 13.2. The second-order valence-electron chi connectivity index (χ2n) is 22.4. The average molecular weight is 1090 g/mol. The number of carboxylic acids is 1. The standard InChI is InChI=1S/C65H118O12/c1-4-7-10-13-16-19-22-25-27-28-29-30-32-35-38-41-44-47-50-53-59(68)76-63-61(70)60(69)62(64(71)72)77-65(63)74-55-56(75-58(67)52-49-46-43-40-37-33-24-21-18-15-12-9-6-3)54-73-57(66)51-48-45-42-39-36-34-31-26-23-20-17-14-11-8-5-2/h16,19,25,27,56,60-63,65,69-70H,4-15,17-18,20-24,26,28-55H2,1-3H3,(H,71,72)/b19-16-,27-25-. The first kappa shape index (κ1) is 72.2. The minimum atomic E-state index is -1.90. The highest BCUT2D eigenvalue weighted by atomic mass is 16.7. The SMILES string of the molecule is CCCCC/C=C\C/C=C\CCCCCCCCCCCC(=O)OC1C(OCC(COC(=O)CCCCCCCCCCCCCCCCC)OC(=O)CCCCCCCCCCCCCCC)OC(C(=O)O)C(O)C1O. The van der Waals surface area contributed by atoms with E-state index in [1.165, 1.54) is 180 Å². The van der Waals surface area contributed by atoms with Crippen molar-refractivity contribution in [3.8, 4) is 0 Å². The fourth-order valence-electron chi connectivity index (χ4n) is 10.0. The van der Waals surface area contributed by atoms with Gasteiger partial charge in [0, 0.05) is 19.3 Å². The molecule has 1 saturated heterocycles. The molecule has 1 fully saturated rings. The summed E-state index contributed by atoms with van der Waals surface area (Å²) in [7, 11) is 0. The monoisotopic (exact) mass is 1090 g/mol. The number of esters is 3. The highest BCUT2D eigenvalue weighted by molar-refractivity contribution is 5.74. The molecule has 0 aromatic heterocycles. The Balaban J connectivity index is 2.63. The van der Waals surface area contributed by atoms with E-state index in [1.807, 2.05) is 0 Å². The molecule has 12 heteroatoms. The molecule has 6 atom stereocenters. The van der Waals surface area contributed by atoms with Crippen LogP contribution in [-0.4, -0.2) is 89.2 Å². The van der Waals surface area contributed by atoms with Crippen molar-refractivity contribution in [2.24, 2.45) is 0 Å². The van der Waals surface area contributed by atoms with E-state index in [0.29, 0.717) is 19.3 Å². The van der Waals surface area contributed by atoms with Crippen molar-refractivity contribution in [1.29, 1.82) is 0 Å². The molecule has 0 saturated carbocycles. The fourth-order valence-corrected chi connectivity index (χ4v) is 10.0. The molecule has 0 aromatic carbocycles. The minimum Gasteiger partial charge on any atom is -0.479 e. The largest absolute Gasteiger partial charge is 0.479 e. The number of carbonyl (C=O) groups excluding carboxylic acids is 3. The highest BCUT2D eigenvalue weighted by Gasteiger charge is 2.50. The fraction of sp³-hybridized carbons (Fsp3) is 0.877. The molecule has 0 amide bonds. The first-order valence-electron chi connectivity index (χ1n) is 32.3. The van der Waals surface area contributed by atoms with Crippen molar-refractivity contribution >= 4 is 23.9 Å². The number of rotatable bonds is 56. The summed E-state index contributed by atoms with van der Waals surface area (Å²) in [6.07, 6.45) is 49.9. The van der Waals surface area contributed by atoms with Gasteiger partial charge < -0.3 is 39.0 Å². The Hall–Kier alpha value is -2.80. The average Bonchev–Trinajstić information content (AvgIpc) is 3.42. The van der Waals surface area contributed by atoms with Gasteiger partial charge in [-0.15, -0.1) is 0 Å². The lowest BCUT2D eigenvalue weighted by Crippen LogP contribution is -2.61. The molecule has 77 heavy (non-hydrogen) atoms. The molecule has 1 aliphatic rings. The highest BCUT2D eigenvalue weighted by Crippen LogP contribution is 2.27. The zero-order valence-corrected chi connectivity index (χ0v) is 49.7. The topological polar surface area (TPSA) is 175 Å². The van der Waals surface area contributed by atoms with Gasteiger partial charge in [0.25, 0.3) is 0 Å². The molecule has 1 heterocycles. The molecular formula is C65H118O12. The Morgan fingerprint density at radius 1 is 0.429 bits per heavy atom. The van der Waals surface area contributed by atoms with Crippen molar-refractivity contribution in [1.82, 2.24) is 0 Å². The lowest BCUT2D eigenvalue weighted by atomic mass is 9.98. The summed E-state index contributed by atoms with van der Waals surface area (Å²) >= 11 is 0. The van der Waals surface area contributed by atoms with Gasteiger partial charge in [0.1, 0.15) is 18.8 Å². The number of hydrogen-bond donors (Lipinski definition) is 3. The summed E-state index contributed by atoms with van der Waals surface area (Å²) in [6.45, 7) is 6.02. The van der Waals surface area contributed by atoms with Crippen LogP contribution in [0.4, 0.5) is 0 Å². The zero-order chi connectivity index (χ0) is 56.1. The van der Waals surface area contributed by atoms with Crippen LogP contribution in [0, 0.1) is 0 Å². The Labute approximate surface area is 470 Å². The van der Waals surface area contributed by atoms with Crippen molar-refractivity contribution in [2.75, 3.05) is 13.2 Å². The summed E-state index contributed by atoms with van der Waals surface area (Å²) in [5.41, 5.74) is 0. The third kappa shape index (κ3) is 43.7. The number of carbonyl (C=O) groups is 4. The van der Waals surface area contributed by atoms with E-state index in [4.69, 9.17) is 23.7 Å². The zero-order valence-electron chi connectivity index (χ0n) is 49.7. The van der Waals surface area contributed by atoms with Gasteiger partial charge in [-0.05, 0) is 51.4 Å². The third-order valence-corrected chi connectivity index (χ3v) is 15.0. The summed E-state index contributed by atoms with van der Waals surface area (Å²) in [5, 5.41) is 31.6. The van der Waals surface area contributed by atoms with Crippen LogP contribution in [0.3, 0.4) is 0 Å². The Bertz CT molecular complexity index is 1430. The lowest BCUT2D eigenvalue weighted by molar-refractivity contribution is -0.301. The first-order valence-corrected chi connectivity index (χ1v) is 32.3. The van der Waals surface area contributed by atoms with Crippen molar-refractivity contribution in [2.45, 2.75) is 353 Å². The number of hydrogen-bond acceptors (Lipinski definition) is 11. The van der Waals surface area contributed by atoms with Crippen LogP contribution in [0.5, 0.6) is 0 Å². The van der Waals surface area contributed by atoms with Crippen LogP contribution >= 0.6 is 0 Å². The van der Waals surface area contributed by atoms with Crippen LogP contribution in [0.1, 0.15) is 316 Å². The second-order valence-corrected chi connectivity index (χ2v) is 22.4. The van der Waals surface area contributed by atoms with Gasteiger partial charge in [-0.3, -0.25) is 14.4 Å². The van der Waals surface area contributed by atoms with Crippen LogP contribution in [0.15, 0.2) is 24.3 Å². The third-order valence-electron chi connectivity index (χ3n) is 15.0. The van der Waals surface area contributed by atoms with Gasteiger partial charge in [-0.25, -0.2) is 4.79 Å². The number of aliphatic hydroxyl groups excluding tert-OH is 2. The van der Waals surface area contributed by atoms with E-state index in [0.717, 1.165) is 77.0 Å². The number of aliphatic carboxylic acids is 1. The van der Waals surface area contributed by atoms with Crippen LogP contribution in [0.25, 0.3) is 0 Å². The molecule has 0 aromatic rings. The number of ether oxygens (including phenoxy) is 5. The molecule has 6 unspecified atom stereocenters. The van der Waals surface area contributed by atoms with Gasteiger partial charge in [-0.2, -0.15) is 0 Å². The smallest absolute Gasteiger partial charge is 0.335 e. The molecular weight excluding hydrogens is 973 g/mol. The molecule has 450 valence electrons. The molecule has 0 bridgehead atoms. The minimum absolute atomic E-state index is 0.0608. The van der Waals surface area contributed by atoms with Crippen molar-refractivity contribution in [3.05, 3.63) is 24.3 Å². The van der Waals surface area contributed by atoms with Gasteiger partial charge in [0.2, 0.25) is 0 Å². The van der Waals surface area contributed by atoms with Gasteiger partial charge >= 0.3 is 23.9 Å². The number of carboxylic acid groups (broad SMARTS) is 1. The summed E-state index contributed by atoms with van der Waals surface area (Å²) in [4.78, 5) is 51.2. The van der Waals surface area contributed by atoms with Crippen LogP contribution in [-0.2, 0) is 42.9 Å². The molecule has 12 nitrogen and oxygen atoms in total. The summed E-state index contributed by atoms with van der Waals surface area (Å²) in [5.74, 6) is -3.08. The van der Waals surface area contributed by atoms with E-state index >= 15 is 0 Å². The van der Waals surface area contributed by atoms with Crippen LogP contribution < -0.4 is 0 Å². The quantitative estimate of drug-likeness (QED) is 0.0228. The second kappa shape index (κ2) is 53.8. The predicted molar refractivity (Wildman–Crippen MR) is 313 cm³/mol. The molecule has 0 aliphatic carbocycles. The summed E-state index contributed by atoms with van der Waals surface area (Å²) in [6, 6.07) is 0. The van der Waals surface area contributed by atoms with E-state index in [2.05, 4.69) is 45.1 Å². The molecule has 1 rings (SSSR count). The van der Waals surface area contributed by atoms with E-state index in [9.17, 15) is 34.5 Å². The normalized spacial score (nSPS) is 18.1. The lowest BCUT2D eigenvalue weighted by Gasteiger charge is -2.40. The van der Waals surface area contributed by atoms with E-state index in [-0.39, 0.29) is 25.9 Å². The van der Waals surface area contributed by atoms with Crippen molar-refractivity contribution in [3.63, 3.8) is 0 Å². The van der Waals surface area contributed by atoms with Gasteiger partial charge in [0.15, 0.2) is 24.6 Å². The van der Waals surface area contributed by atoms with Crippen molar-refractivity contribution < 1.29 is 58.2 Å². The molecule has 0 spiro atoms. The molecule has 0 radical (unpaired) electrons.